The molecule has 4 nitrogen and oxygen atoms in total. The van der Waals surface area contributed by atoms with Crippen molar-refractivity contribution >= 4 is 40.7 Å². The molecule has 0 bridgehead atoms. The van der Waals surface area contributed by atoms with Gasteiger partial charge in [-0.05, 0) is 18.2 Å². The highest BCUT2D eigenvalue weighted by molar-refractivity contribution is 6.36. The number of carbonyl (C=O) groups is 2. The molecule has 17 heavy (non-hydrogen) atoms. The maximum atomic E-state index is 11.7. The van der Waals surface area contributed by atoms with E-state index in [-0.39, 0.29) is 12.3 Å². The summed E-state index contributed by atoms with van der Waals surface area (Å²) in [4.78, 5) is 22.4. The summed E-state index contributed by atoms with van der Waals surface area (Å²) in [6, 6.07) is 4.73. The quantitative estimate of drug-likeness (QED) is 0.885. The Morgan fingerprint density at radius 1 is 1.41 bits per heavy atom. The van der Waals surface area contributed by atoms with E-state index in [0.29, 0.717) is 15.7 Å². The molecule has 1 aromatic rings. The molecule has 2 amide bonds. The van der Waals surface area contributed by atoms with E-state index in [0.717, 1.165) is 0 Å². The Hall–Kier alpha value is -1.26. The Kier molecular flexibility index (Phi) is 4.78. The molecule has 92 valence electrons. The van der Waals surface area contributed by atoms with Crippen molar-refractivity contribution in [3.63, 3.8) is 0 Å². The van der Waals surface area contributed by atoms with Crippen LogP contribution < -0.4 is 11.1 Å². The topological polar surface area (TPSA) is 72.2 Å². The van der Waals surface area contributed by atoms with Gasteiger partial charge in [-0.3, -0.25) is 9.59 Å². The van der Waals surface area contributed by atoms with E-state index in [2.05, 4.69) is 5.32 Å². The second-order valence-electron chi connectivity index (χ2n) is 3.68. The van der Waals surface area contributed by atoms with Crippen LogP contribution in [0.1, 0.15) is 13.3 Å². The van der Waals surface area contributed by atoms with Crippen LogP contribution in [-0.4, -0.2) is 11.8 Å². The molecular formula is C11H12Cl2N2O2. The van der Waals surface area contributed by atoms with Crippen LogP contribution in [-0.2, 0) is 9.59 Å². The van der Waals surface area contributed by atoms with Gasteiger partial charge in [0.25, 0.3) is 0 Å². The minimum absolute atomic E-state index is 0.00293. The summed E-state index contributed by atoms with van der Waals surface area (Å²) in [5, 5.41) is 3.43. The highest BCUT2D eigenvalue weighted by Gasteiger charge is 2.16. The summed E-state index contributed by atoms with van der Waals surface area (Å²) in [6.45, 7) is 1.61. The third-order valence-electron chi connectivity index (χ3n) is 2.14. The minimum atomic E-state index is -0.519. The minimum Gasteiger partial charge on any atom is -0.370 e. The SMILES string of the molecule is CC(CC(N)=O)C(=O)Nc1ccc(Cl)cc1Cl. The highest BCUT2D eigenvalue weighted by Crippen LogP contribution is 2.25. The van der Waals surface area contributed by atoms with E-state index >= 15 is 0 Å². The normalized spacial score (nSPS) is 11.9. The first kappa shape index (κ1) is 13.8. The number of primary amides is 1. The number of hydrogen-bond acceptors (Lipinski definition) is 2. The van der Waals surface area contributed by atoms with Crippen molar-refractivity contribution in [3.8, 4) is 0 Å². The molecule has 0 aliphatic heterocycles. The molecule has 1 unspecified atom stereocenters. The van der Waals surface area contributed by atoms with Crippen LogP contribution in [0.5, 0.6) is 0 Å². The van der Waals surface area contributed by atoms with Gasteiger partial charge in [-0.1, -0.05) is 30.1 Å². The number of anilines is 1. The summed E-state index contributed by atoms with van der Waals surface area (Å²) in [5.74, 6) is -1.33. The summed E-state index contributed by atoms with van der Waals surface area (Å²) in [6.07, 6.45) is -0.00293. The first-order valence-corrected chi connectivity index (χ1v) is 5.70. The van der Waals surface area contributed by atoms with Gasteiger partial charge >= 0.3 is 0 Å². The van der Waals surface area contributed by atoms with Gasteiger partial charge in [-0.2, -0.15) is 0 Å². The number of amides is 2. The van der Waals surface area contributed by atoms with Gasteiger partial charge in [0.15, 0.2) is 0 Å². The fourth-order valence-corrected chi connectivity index (χ4v) is 1.70. The maximum Gasteiger partial charge on any atom is 0.227 e. The Balaban J connectivity index is 2.71. The average molecular weight is 275 g/mol. The van der Waals surface area contributed by atoms with Crippen LogP contribution in [0.3, 0.4) is 0 Å². The van der Waals surface area contributed by atoms with Crippen molar-refractivity contribution < 1.29 is 9.59 Å². The molecular weight excluding hydrogens is 263 g/mol. The fraction of sp³-hybridized carbons (Fsp3) is 0.273. The summed E-state index contributed by atoms with van der Waals surface area (Å²) in [7, 11) is 0. The van der Waals surface area contributed by atoms with Gasteiger partial charge in [-0.15, -0.1) is 0 Å². The lowest BCUT2D eigenvalue weighted by atomic mass is 10.1. The average Bonchev–Trinajstić information content (AvgIpc) is 2.21. The lowest BCUT2D eigenvalue weighted by Gasteiger charge is -2.11. The monoisotopic (exact) mass is 274 g/mol. The van der Waals surface area contributed by atoms with E-state index in [1.165, 1.54) is 6.07 Å². The van der Waals surface area contributed by atoms with E-state index < -0.39 is 11.8 Å². The molecule has 0 saturated carbocycles. The zero-order valence-electron chi connectivity index (χ0n) is 9.17. The number of nitrogens with two attached hydrogens (primary N) is 1. The molecule has 6 heteroatoms. The standard InChI is InChI=1S/C11H12Cl2N2O2/c1-6(4-10(14)16)11(17)15-9-3-2-7(12)5-8(9)13/h2-3,5-6H,4H2,1H3,(H2,14,16)(H,15,17). The van der Waals surface area contributed by atoms with Gasteiger partial charge < -0.3 is 11.1 Å². The van der Waals surface area contributed by atoms with Gasteiger partial charge in [0, 0.05) is 17.4 Å². The molecule has 1 rings (SSSR count). The molecule has 0 radical (unpaired) electrons. The van der Waals surface area contributed by atoms with E-state index in [1.54, 1.807) is 19.1 Å². The Bertz CT molecular complexity index is 449. The van der Waals surface area contributed by atoms with Gasteiger partial charge in [0.1, 0.15) is 0 Å². The van der Waals surface area contributed by atoms with Gasteiger partial charge in [0.2, 0.25) is 11.8 Å². The summed E-state index contributed by atoms with van der Waals surface area (Å²) >= 11 is 11.6. The molecule has 0 aromatic heterocycles. The predicted molar refractivity (Wildman–Crippen MR) is 68.1 cm³/mol. The Morgan fingerprint density at radius 2 is 2.06 bits per heavy atom. The first-order valence-electron chi connectivity index (χ1n) is 4.94. The van der Waals surface area contributed by atoms with Crippen LogP contribution in [0.25, 0.3) is 0 Å². The van der Waals surface area contributed by atoms with Crippen molar-refractivity contribution in [1.82, 2.24) is 0 Å². The van der Waals surface area contributed by atoms with Crippen molar-refractivity contribution in [2.45, 2.75) is 13.3 Å². The first-order chi connectivity index (χ1) is 7.90. The lowest BCUT2D eigenvalue weighted by Crippen LogP contribution is -2.25. The smallest absolute Gasteiger partial charge is 0.227 e. The number of halogens is 2. The second kappa shape index (κ2) is 5.89. The zero-order chi connectivity index (χ0) is 13.0. The maximum absolute atomic E-state index is 11.7. The zero-order valence-corrected chi connectivity index (χ0v) is 10.7. The molecule has 3 N–H and O–H groups in total. The number of rotatable bonds is 4. The summed E-state index contributed by atoms with van der Waals surface area (Å²) in [5.41, 5.74) is 5.47. The molecule has 0 aliphatic carbocycles. The Labute approximate surface area is 109 Å². The number of nitrogens with one attached hydrogen (secondary N) is 1. The van der Waals surface area contributed by atoms with Crippen molar-refractivity contribution in [2.24, 2.45) is 11.7 Å². The van der Waals surface area contributed by atoms with Gasteiger partial charge in [0.05, 0.1) is 10.7 Å². The van der Waals surface area contributed by atoms with Crippen LogP contribution in [0.2, 0.25) is 10.0 Å². The van der Waals surface area contributed by atoms with E-state index in [4.69, 9.17) is 28.9 Å². The van der Waals surface area contributed by atoms with Crippen molar-refractivity contribution in [3.05, 3.63) is 28.2 Å². The molecule has 0 fully saturated rings. The molecule has 0 saturated heterocycles. The predicted octanol–water partition coefficient (Wildman–Crippen LogP) is 2.44. The molecule has 1 atom stereocenters. The van der Waals surface area contributed by atoms with Crippen molar-refractivity contribution in [2.75, 3.05) is 5.32 Å². The largest absolute Gasteiger partial charge is 0.370 e. The summed E-state index contributed by atoms with van der Waals surface area (Å²) < 4.78 is 0. The fourth-order valence-electron chi connectivity index (χ4n) is 1.24. The number of carbonyl (C=O) groups excluding carboxylic acids is 2. The molecule has 1 aromatic carbocycles. The molecule has 0 spiro atoms. The highest BCUT2D eigenvalue weighted by atomic mass is 35.5. The number of hydrogen-bond donors (Lipinski definition) is 2. The second-order valence-corrected chi connectivity index (χ2v) is 4.53. The third-order valence-corrected chi connectivity index (χ3v) is 2.69. The molecule has 0 aliphatic rings. The molecule has 0 heterocycles. The van der Waals surface area contributed by atoms with Crippen molar-refractivity contribution in [1.29, 1.82) is 0 Å². The Morgan fingerprint density at radius 3 is 2.59 bits per heavy atom. The van der Waals surface area contributed by atoms with Crippen LogP contribution in [0.15, 0.2) is 18.2 Å². The van der Waals surface area contributed by atoms with E-state index in [1.807, 2.05) is 0 Å². The van der Waals surface area contributed by atoms with Crippen LogP contribution in [0, 0.1) is 5.92 Å². The van der Waals surface area contributed by atoms with Crippen LogP contribution in [0.4, 0.5) is 5.69 Å². The van der Waals surface area contributed by atoms with Gasteiger partial charge in [-0.25, -0.2) is 0 Å². The lowest BCUT2D eigenvalue weighted by molar-refractivity contribution is -0.125. The van der Waals surface area contributed by atoms with E-state index in [9.17, 15) is 9.59 Å². The number of benzene rings is 1. The third kappa shape index (κ3) is 4.24. The van der Waals surface area contributed by atoms with Crippen LogP contribution >= 0.6 is 23.2 Å².